The van der Waals surface area contributed by atoms with Crippen molar-refractivity contribution in [3.63, 3.8) is 0 Å². The van der Waals surface area contributed by atoms with Gasteiger partial charge >= 0.3 is 0 Å². The summed E-state index contributed by atoms with van der Waals surface area (Å²) in [4.78, 5) is 15.4. The molecule has 2 aromatic heterocycles. The topological polar surface area (TPSA) is 66.8 Å². The van der Waals surface area contributed by atoms with Crippen molar-refractivity contribution in [3.05, 3.63) is 54.5 Å². The largest absolute Gasteiger partial charge is 0.334 e. The van der Waals surface area contributed by atoms with Crippen molar-refractivity contribution >= 4 is 16.8 Å². The molecule has 0 spiro atoms. The van der Waals surface area contributed by atoms with Crippen LogP contribution in [0.1, 0.15) is 29.6 Å². The second-order valence-corrected chi connectivity index (χ2v) is 6.72. The molecule has 0 N–H and O–H groups in total. The summed E-state index contributed by atoms with van der Waals surface area (Å²) in [5, 5.41) is 14.3. The van der Waals surface area contributed by atoms with Crippen LogP contribution in [0.15, 0.2) is 48.9 Å². The highest BCUT2D eigenvalue weighted by Crippen LogP contribution is 2.26. The third kappa shape index (κ3) is 2.97. The lowest BCUT2D eigenvalue weighted by Gasteiger charge is -2.35. The number of benzene rings is 1. The van der Waals surface area contributed by atoms with E-state index in [-0.39, 0.29) is 18.5 Å². The maximum atomic E-state index is 13.4. The molecule has 1 aromatic carbocycles. The molecule has 1 aliphatic heterocycles. The number of para-hydroxylation sites is 1. The zero-order valence-corrected chi connectivity index (χ0v) is 14.6. The van der Waals surface area contributed by atoms with Crippen LogP contribution in [0.2, 0.25) is 0 Å². The van der Waals surface area contributed by atoms with Gasteiger partial charge in [-0.05, 0) is 31.4 Å². The molecule has 0 unspecified atom stereocenters. The molecular formula is C20H21N5O. The van der Waals surface area contributed by atoms with Crippen molar-refractivity contribution in [2.24, 2.45) is 0 Å². The minimum Gasteiger partial charge on any atom is -0.334 e. The third-order valence-corrected chi connectivity index (χ3v) is 5.11. The molecule has 0 bridgehead atoms. The van der Waals surface area contributed by atoms with E-state index < -0.39 is 0 Å². The predicted octanol–water partition coefficient (Wildman–Crippen LogP) is 3.06. The number of hydrogen-bond donors (Lipinski definition) is 0. The smallest absolute Gasteiger partial charge is 0.256 e. The number of hydrogen-bond acceptors (Lipinski definition) is 3. The van der Waals surface area contributed by atoms with Crippen molar-refractivity contribution in [2.75, 3.05) is 6.54 Å². The fourth-order valence-corrected chi connectivity index (χ4v) is 3.86. The molecule has 1 atom stereocenters. The Labute approximate surface area is 152 Å². The standard InChI is InChI=1S/C20H21N5O/c21-9-13-23-15-18(17-7-1-2-8-19(17)23)20(26)25-12-4-3-6-16(25)14-24-11-5-10-22-24/h1-2,5,7-8,10-11,15-16H,3-4,6,12-14H2/t16-/m1/s1. The average molecular weight is 347 g/mol. The number of aromatic nitrogens is 3. The molecule has 26 heavy (non-hydrogen) atoms. The maximum Gasteiger partial charge on any atom is 0.256 e. The summed E-state index contributed by atoms with van der Waals surface area (Å²) in [6.45, 7) is 1.72. The van der Waals surface area contributed by atoms with E-state index in [0.717, 1.165) is 43.3 Å². The number of carbonyl (C=O) groups is 1. The van der Waals surface area contributed by atoms with Crippen LogP contribution in [0.4, 0.5) is 0 Å². The summed E-state index contributed by atoms with van der Waals surface area (Å²) in [7, 11) is 0. The number of fused-ring (bicyclic) bond motifs is 1. The quantitative estimate of drug-likeness (QED) is 0.728. The van der Waals surface area contributed by atoms with E-state index in [9.17, 15) is 4.79 Å². The van der Waals surface area contributed by atoms with E-state index in [2.05, 4.69) is 11.2 Å². The number of likely N-dealkylation sites (tertiary alicyclic amines) is 1. The highest BCUT2D eigenvalue weighted by molar-refractivity contribution is 6.07. The summed E-state index contributed by atoms with van der Waals surface area (Å²) in [6.07, 6.45) is 8.68. The van der Waals surface area contributed by atoms with Crippen LogP contribution in [-0.4, -0.2) is 37.7 Å². The van der Waals surface area contributed by atoms with Gasteiger partial charge in [0.1, 0.15) is 6.54 Å². The molecule has 6 nitrogen and oxygen atoms in total. The SMILES string of the molecule is N#CCn1cc(C(=O)N2CCCC[C@@H]2Cn2cccn2)c2ccccc21. The van der Waals surface area contributed by atoms with Crippen LogP contribution in [0.3, 0.4) is 0 Å². The normalized spacial score (nSPS) is 17.3. The monoisotopic (exact) mass is 347 g/mol. The van der Waals surface area contributed by atoms with E-state index in [1.54, 1.807) is 6.20 Å². The van der Waals surface area contributed by atoms with Crippen molar-refractivity contribution < 1.29 is 4.79 Å². The summed E-state index contributed by atoms with van der Waals surface area (Å²) in [5.74, 6) is 0.0507. The van der Waals surface area contributed by atoms with Crippen molar-refractivity contribution in [1.82, 2.24) is 19.2 Å². The zero-order valence-electron chi connectivity index (χ0n) is 14.6. The first-order valence-electron chi connectivity index (χ1n) is 9.01. The van der Waals surface area contributed by atoms with Gasteiger partial charge in [-0.2, -0.15) is 10.4 Å². The second-order valence-electron chi connectivity index (χ2n) is 6.72. The van der Waals surface area contributed by atoms with Gasteiger partial charge in [-0.3, -0.25) is 9.48 Å². The van der Waals surface area contributed by atoms with Crippen molar-refractivity contribution in [2.45, 2.75) is 38.4 Å². The van der Waals surface area contributed by atoms with Gasteiger partial charge in [-0.15, -0.1) is 0 Å². The van der Waals surface area contributed by atoms with Gasteiger partial charge in [0.05, 0.1) is 24.2 Å². The molecule has 0 aliphatic carbocycles. The molecule has 3 aromatic rings. The highest BCUT2D eigenvalue weighted by Gasteiger charge is 2.29. The minimum atomic E-state index is 0.0507. The van der Waals surface area contributed by atoms with Crippen LogP contribution in [0, 0.1) is 11.3 Å². The molecule has 1 aliphatic rings. The van der Waals surface area contributed by atoms with Gasteiger partial charge in [-0.1, -0.05) is 18.2 Å². The Balaban J connectivity index is 1.67. The molecule has 3 heterocycles. The van der Waals surface area contributed by atoms with Gasteiger partial charge in [0.2, 0.25) is 0 Å². The van der Waals surface area contributed by atoms with Crippen LogP contribution in [-0.2, 0) is 13.1 Å². The lowest BCUT2D eigenvalue weighted by atomic mass is 10.0. The number of nitriles is 1. The first-order chi connectivity index (χ1) is 12.8. The summed E-state index contributed by atoms with van der Waals surface area (Å²) < 4.78 is 3.75. The molecule has 1 saturated heterocycles. The Kier molecular flexibility index (Phi) is 4.44. The maximum absolute atomic E-state index is 13.4. The molecule has 6 heteroatoms. The molecule has 1 amide bonds. The Hall–Kier alpha value is -3.07. The molecule has 132 valence electrons. The number of piperidine rings is 1. The lowest BCUT2D eigenvalue weighted by molar-refractivity contribution is 0.0585. The first-order valence-corrected chi connectivity index (χ1v) is 9.01. The highest BCUT2D eigenvalue weighted by atomic mass is 16.2. The lowest BCUT2D eigenvalue weighted by Crippen LogP contribution is -2.45. The fourth-order valence-electron chi connectivity index (χ4n) is 3.86. The first kappa shape index (κ1) is 16.4. The van der Waals surface area contributed by atoms with Gasteiger partial charge in [0.25, 0.3) is 5.91 Å². The average Bonchev–Trinajstić information content (AvgIpc) is 3.30. The number of carbonyl (C=O) groups excluding carboxylic acids is 1. The number of rotatable bonds is 4. The minimum absolute atomic E-state index is 0.0507. The number of amides is 1. The van der Waals surface area contributed by atoms with E-state index in [0.29, 0.717) is 5.56 Å². The summed E-state index contributed by atoms with van der Waals surface area (Å²) in [5.41, 5.74) is 1.61. The van der Waals surface area contributed by atoms with Crippen molar-refractivity contribution in [1.29, 1.82) is 5.26 Å². The van der Waals surface area contributed by atoms with E-state index in [4.69, 9.17) is 5.26 Å². The Morgan fingerprint density at radius 2 is 2.15 bits per heavy atom. The Morgan fingerprint density at radius 1 is 1.27 bits per heavy atom. The summed E-state index contributed by atoms with van der Waals surface area (Å²) in [6, 6.07) is 12.0. The van der Waals surface area contributed by atoms with Crippen LogP contribution < -0.4 is 0 Å². The van der Waals surface area contributed by atoms with Gasteiger partial charge in [0, 0.05) is 36.0 Å². The zero-order chi connectivity index (χ0) is 17.9. The van der Waals surface area contributed by atoms with E-state index >= 15 is 0 Å². The molecular weight excluding hydrogens is 326 g/mol. The van der Waals surface area contributed by atoms with Crippen LogP contribution >= 0.6 is 0 Å². The van der Waals surface area contributed by atoms with E-state index in [1.165, 1.54) is 0 Å². The predicted molar refractivity (Wildman–Crippen MR) is 98.5 cm³/mol. The fraction of sp³-hybridized carbons (Fsp3) is 0.350. The Bertz CT molecular complexity index is 950. The van der Waals surface area contributed by atoms with Gasteiger partial charge in [0.15, 0.2) is 0 Å². The number of nitrogens with zero attached hydrogens (tertiary/aromatic N) is 5. The van der Waals surface area contributed by atoms with Crippen LogP contribution in [0.5, 0.6) is 0 Å². The molecule has 0 radical (unpaired) electrons. The third-order valence-electron chi connectivity index (χ3n) is 5.11. The molecule has 1 fully saturated rings. The summed E-state index contributed by atoms with van der Waals surface area (Å²) >= 11 is 0. The van der Waals surface area contributed by atoms with Gasteiger partial charge in [-0.25, -0.2) is 0 Å². The molecule has 4 rings (SSSR count). The van der Waals surface area contributed by atoms with Gasteiger partial charge < -0.3 is 9.47 Å². The second kappa shape index (κ2) is 7.04. The molecule has 0 saturated carbocycles. The van der Waals surface area contributed by atoms with E-state index in [1.807, 2.05) is 56.9 Å². The Morgan fingerprint density at radius 3 is 2.96 bits per heavy atom. The van der Waals surface area contributed by atoms with Crippen LogP contribution in [0.25, 0.3) is 10.9 Å². The van der Waals surface area contributed by atoms with Crippen molar-refractivity contribution in [3.8, 4) is 6.07 Å².